The first-order valence-electron chi connectivity index (χ1n) is 8.10. The maximum Gasteiger partial charge on any atom is 0.167 e. The first kappa shape index (κ1) is 13.6. The Morgan fingerprint density at radius 2 is 1.74 bits per heavy atom. The van der Waals surface area contributed by atoms with Crippen molar-refractivity contribution in [3.8, 4) is 0 Å². The van der Waals surface area contributed by atoms with Gasteiger partial charge in [-0.2, -0.15) is 0 Å². The zero-order valence-corrected chi connectivity index (χ0v) is 12.6. The second-order valence-corrected chi connectivity index (χ2v) is 8.09. The third-order valence-corrected chi connectivity index (χ3v) is 6.82. The number of hydrogen-bond acceptors (Lipinski definition) is 2. The highest BCUT2D eigenvalue weighted by atomic mass is 16.3. The first-order valence-corrected chi connectivity index (χ1v) is 8.10. The zero-order chi connectivity index (χ0) is 13.8. The quantitative estimate of drug-likeness (QED) is 0.726. The van der Waals surface area contributed by atoms with Crippen LogP contribution in [0.15, 0.2) is 0 Å². The Hall–Kier alpha value is -0.370. The van der Waals surface area contributed by atoms with Crippen LogP contribution in [-0.4, -0.2) is 17.0 Å². The summed E-state index contributed by atoms with van der Waals surface area (Å²) in [5, 5.41) is 10.3. The van der Waals surface area contributed by atoms with Gasteiger partial charge in [-0.1, -0.05) is 40.0 Å². The Bertz CT molecular complexity index is 387. The number of aliphatic hydroxyl groups excluding tert-OH is 1. The van der Waals surface area contributed by atoms with E-state index in [1.165, 1.54) is 38.5 Å². The van der Waals surface area contributed by atoms with Gasteiger partial charge < -0.3 is 5.11 Å². The molecule has 0 aliphatic heterocycles. The van der Waals surface area contributed by atoms with Gasteiger partial charge in [0.1, 0.15) is 6.10 Å². The molecule has 5 atom stereocenters. The minimum Gasteiger partial charge on any atom is -0.385 e. The molecule has 0 heterocycles. The summed E-state index contributed by atoms with van der Waals surface area (Å²) in [6, 6.07) is 0. The minimum absolute atomic E-state index is 0.0873. The summed E-state index contributed by atoms with van der Waals surface area (Å²) < 4.78 is 0. The summed E-state index contributed by atoms with van der Waals surface area (Å²) in [6.07, 6.45) is 7.88. The monoisotopic (exact) mass is 264 g/mol. The maximum absolute atomic E-state index is 12.4. The van der Waals surface area contributed by atoms with E-state index < -0.39 is 6.10 Å². The van der Waals surface area contributed by atoms with Crippen LogP contribution in [0.2, 0.25) is 0 Å². The Labute approximate surface area is 117 Å². The fourth-order valence-electron chi connectivity index (χ4n) is 5.98. The van der Waals surface area contributed by atoms with Crippen molar-refractivity contribution < 1.29 is 9.90 Å². The summed E-state index contributed by atoms with van der Waals surface area (Å²) >= 11 is 0. The number of rotatable bonds is 0. The zero-order valence-electron chi connectivity index (χ0n) is 12.6. The average molecular weight is 264 g/mol. The van der Waals surface area contributed by atoms with Gasteiger partial charge in [-0.15, -0.1) is 0 Å². The van der Waals surface area contributed by atoms with Gasteiger partial charge in [0.05, 0.1) is 0 Å². The van der Waals surface area contributed by atoms with Crippen molar-refractivity contribution in [2.24, 2.45) is 28.6 Å². The van der Waals surface area contributed by atoms with Gasteiger partial charge in [-0.3, -0.25) is 4.79 Å². The first-order chi connectivity index (χ1) is 8.87. The minimum atomic E-state index is -0.725. The van der Waals surface area contributed by atoms with Gasteiger partial charge >= 0.3 is 0 Å². The van der Waals surface area contributed by atoms with E-state index in [4.69, 9.17) is 0 Å². The fraction of sp³-hybridized carbons (Fsp3) is 0.941. The molecule has 3 saturated carbocycles. The molecule has 0 saturated heterocycles. The van der Waals surface area contributed by atoms with Crippen LogP contribution in [0.1, 0.15) is 65.7 Å². The summed E-state index contributed by atoms with van der Waals surface area (Å²) in [7, 11) is 0. The molecule has 108 valence electrons. The van der Waals surface area contributed by atoms with Crippen molar-refractivity contribution in [1.29, 1.82) is 0 Å². The van der Waals surface area contributed by atoms with Crippen molar-refractivity contribution in [2.75, 3.05) is 0 Å². The van der Waals surface area contributed by atoms with Gasteiger partial charge in [0.2, 0.25) is 0 Å². The van der Waals surface area contributed by atoms with Crippen LogP contribution in [-0.2, 0) is 4.79 Å². The lowest BCUT2D eigenvalue weighted by atomic mass is 9.44. The number of aliphatic hydroxyl groups is 1. The van der Waals surface area contributed by atoms with Crippen LogP contribution < -0.4 is 0 Å². The number of Topliss-reactive ketones (excluding diaryl/α,β-unsaturated/α-hetero) is 1. The molecular formula is C17H28O2. The molecule has 3 aliphatic rings. The summed E-state index contributed by atoms with van der Waals surface area (Å²) in [5.74, 6) is 2.15. The molecule has 0 radical (unpaired) electrons. The molecule has 0 bridgehead atoms. The molecular weight excluding hydrogens is 236 g/mol. The average Bonchev–Trinajstić information content (AvgIpc) is 2.36. The van der Waals surface area contributed by atoms with E-state index in [1.54, 1.807) is 0 Å². The molecule has 3 aliphatic carbocycles. The lowest BCUT2D eigenvalue weighted by Crippen LogP contribution is -2.59. The maximum atomic E-state index is 12.4. The van der Waals surface area contributed by atoms with E-state index in [0.717, 1.165) is 11.8 Å². The summed E-state index contributed by atoms with van der Waals surface area (Å²) in [5.41, 5.74) is -0.158. The molecule has 0 spiro atoms. The molecule has 0 amide bonds. The lowest BCUT2D eigenvalue weighted by molar-refractivity contribution is -0.171. The second-order valence-electron chi connectivity index (χ2n) is 8.09. The fourth-order valence-corrected chi connectivity index (χ4v) is 5.98. The Morgan fingerprint density at radius 1 is 1.05 bits per heavy atom. The molecule has 2 heteroatoms. The van der Waals surface area contributed by atoms with Gasteiger partial charge in [-0.25, -0.2) is 0 Å². The normalized spacial score (nSPS) is 49.4. The van der Waals surface area contributed by atoms with Crippen LogP contribution in [0, 0.1) is 28.6 Å². The molecule has 3 fully saturated rings. The predicted octanol–water partition coefficient (Wildman–Crippen LogP) is 3.57. The third-order valence-electron chi connectivity index (χ3n) is 6.82. The van der Waals surface area contributed by atoms with E-state index in [9.17, 15) is 9.90 Å². The van der Waals surface area contributed by atoms with E-state index >= 15 is 0 Å². The molecule has 1 N–H and O–H groups in total. The molecule has 0 unspecified atom stereocenters. The number of ketones is 1. The van der Waals surface area contributed by atoms with Crippen molar-refractivity contribution in [1.82, 2.24) is 0 Å². The molecule has 3 rings (SSSR count). The molecule has 0 aromatic heterocycles. The second kappa shape index (κ2) is 4.31. The summed E-state index contributed by atoms with van der Waals surface area (Å²) in [4.78, 5) is 12.4. The standard InChI is InChI=1S/C17H28O2/c1-16(2)14-9-8-11-6-4-5-7-12(11)17(14,3)10-13(18)15(16)19/h11-14,18H,4-10H2,1-3H3/t11-,12+,13-,14+,17-/m1/s1. The van der Waals surface area contributed by atoms with E-state index in [1.807, 2.05) is 0 Å². The number of carbonyl (C=O) groups is 1. The SMILES string of the molecule is CC1(C)C(=O)[C@H](O)C[C@]2(C)[C@H]3CCCC[C@@H]3CC[C@@H]12. The molecule has 0 aromatic carbocycles. The Kier molecular flexibility index (Phi) is 3.09. The number of carbonyl (C=O) groups excluding carboxylic acids is 1. The Balaban J connectivity index is 1.98. The molecule has 0 aromatic rings. The van der Waals surface area contributed by atoms with Crippen LogP contribution in [0.4, 0.5) is 0 Å². The number of fused-ring (bicyclic) bond motifs is 3. The van der Waals surface area contributed by atoms with E-state index in [-0.39, 0.29) is 16.6 Å². The highest BCUT2D eigenvalue weighted by Crippen LogP contribution is 2.62. The van der Waals surface area contributed by atoms with Gasteiger partial charge in [0.25, 0.3) is 0 Å². The lowest BCUT2D eigenvalue weighted by Gasteiger charge is -2.60. The van der Waals surface area contributed by atoms with Gasteiger partial charge in [0.15, 0.2) is 5.78 Å². The van der Waals surface area contributed by atoms with Crippen molar-refractivity contribution in [3.05, 3.63) is 0 Å². The summed E-state index contributed by atoms with van der Waals surface area (Å²) in [6.45, 7) is 6.52. The van der Waals surface area contributed by atoms with Crippen LogP contribution in [0.3, 0.4) is 0 Å². The van der Waals surface area contributed by atoms with E-state index in [2.05, 4.69) is 20.8 Å². The largest absolute Gasteiger partial charge is 0.385 e. The molecule has 2 nitrogen and oxygen atoms in total. The van der Waals surface area contributed by atoms with Gasteiger partial charge in [0, 0.05) is 5.41 Å². The van der Waals surface area contributed by atoms with Crippen molar-refractivity contribution >= 4 is 5.78 Å². The number of hydrogen-bond donors (Lipinski definition) is 1. The van der Waals surface area contributed by atoms with Crippen LogP contribution >= 0.6 is 0 Å². The van der Waals surface area contributed by atoms with E-state index in [0.29, 0.717) is 12.3 Å². The third kappa shape index (κ3) is 1.82. The van der Waals surface area contributed by atoms with Crippen molar-refractivity contribution in [2.45, 2.75) is 71.8 Å². The van der Waals surface area contributed by atoms with Gasteiger partial charge in [-0.05, 0) is 48.9 Å². The van der Waals surface area contributed by atoms with Crippen LogP contribution in [0.25, 0.3) is 0 Å². The van der Waals surface area contributed by atoms with Crippen molar-refractivity contribution in [3.63, 3.8) is 0 Å². The predicted molar refractivity (Wildman–Crippen MR) is 75.7 cm³/mol. The topological polar surface area (TPSA) is 37.3 Å². The molecule has 19 heavy (non-hydrogen) atoms. The smallest absolute Gasteiger partial charge is 0.167 e. The Morgan fingerprint density at radius 3 is 2.47 bits per heavy atom. The highest BCUT2D eigenvalue weighted by molar-refractivity contribution is 5.89. The van der Waals surface area contributed by atoms with Crippen LogP contribution in [0.5, 0.6) is 0 Å². The highest BCUT2D eigenvalue weighted by Gasteiger charge is 2.59.